The molecule has 0 fully saturated rings. The fourth-order valence-corrected chi connectivity index (χ4v) is 2.01. The van der Waals surface area contributed by atoms with Crippen molar-refractivity contribution < 1.29 is 9.53 Å². The van der Waals surface area contributed by atoms with Gasteiger partial charge < -0.3 is 10.5 Å². The lowest BCUT2D eigenvalue weighted by atomic mass is 10.2. The third-order valence-corrected chi connectivity index (χ3v) is 2.87. The van der Waals surface area contributed by atoms with Crippen molar-refractivity contribution in [3.05, 3.63) is 23.8 Å². The van der Waals surface area contributed by atoms with Crippen LogP contribution in [0.1, 0.15) is 18.5 Å². The summed E-state index contributed by atoms with van der Waals surface area (Å²) in [5, 5.41) is 0. The summed E-state index contributed by atoms with van der Waals surface area (Å²) in [6.45, 7) is 3.71. The van der Waals surface area contributed by atoms with Crippen LogP contribution in [0.15, 0.2) is 18.2 Å². The number of anilines is 1. The molecule has 2 aromatic rings. The number of ether oxygens (including phenoxy) is 1. The van der Waals surface area contributed by atoms with Crippen molar-refractivity contribution in [2.45, 2.75) is 19.9 Å². The zero-order valence-electron chi connectivity index (χ0n) is 10.1. The lowest BCUT2D eigenvalue weighted by Crippen LogP contribution is -2.19. The number of nitrogens with two attached hydrogens (primary N) is 1. The predicted molar refractivity (Wildman–Crippen MR) is 65.6 cm³/mol. The van der Waals surface area contributed by atoms with Crippen LogP contribution in [0, 0.1) is 6.92 Å². The third kappa shape index (κ3) is 1.73. The van der Waals surface area contributed by atoms with Crippen molar-refractivity contribution in [2.75, 3.05) is 12.8 Å². The average molecular weight is 233 g/mol. The molecule has 0 spiro atoms. The van der Waals surface area contributed by atoms with E-state index in [1.54, 1.807) is 11.5 Å². The minimum atomic E-state index is -0.480. The van der Waals surface area contributed by atoms with E-state index in [2.05, 4.69) is 4.98 Å². The molecule has 0 aliphatic carbocycles. The molecule has 0 saturated carbocycles. The summed E-state index contributed by atoms with van der Waals surface area (Å²) in [6, 6.07) is 5.27. The zero-order valence-corrected chi connectivity index (χ0v) is 10.1. The number of hydrogen-bond donors (Lipinski definition) is 1. The molecule has 1 atom stereocenters. The Kier molecular flexibility index (Phi) is 2.75. The lowest BCUT2D eigenvalue weighted by molar-refractivity contribution is -0.143. The van der Waals surface area contributed by atoms with Gasteiger partial charge in [0.25, 0.3) is 0 Å². The minimum Gasteiger partial charge on any atom is -0.467 e. The van der Waals surface area contributed by atoms with Gasteiger partial charge in [-0.05, 0) is 25.5 Å². The predicted octanol–water partition coefficient (Wildman–Crippen LogP) is 1.66. The molecule has 2 N–H and O–H groups in total. The highest BCUT2D eigenvalue weighted by Gasteiger charge is 2.21. The van der Waals surface area contributed by atoms with Gasteiger partial charge in [-0.15, -0.1) is 0 Å². The van der Waals surface area contributed by atoms with Crippen LogP contribution in [-0.2, 0) is 9.53 Å². The Morgan fingerprint density at radius 2 is 2.24 bits per heavy atom. The number of carbonyl (C=O) groups excluding carboxylic acids is 1. The van der Waals surface area contributed by atoms with Gasteiger partial charge in [-0.1, -0.05) is 12.1 Å². The third-order valence-electron chi connectivity index (χ3n) is 2.87. The Labute approximate surface area is 99.2 Å². The van der Waals surface area contributed by atoms with Gasteiger partial charge in [0.05, 0.1) is 18.1 Å². The monoisotopic (exact) mass is 233 g/mol. The SMILES string of the molecule is COC(=O)C(C)n1c(N)nc2cccc(C)c21. The number of nitrogens with zero attached hydrogens (tertiary/aromatic N) is 2. The van der Waals surface area contributed by atoms with E-state index in [0.717, 1.165) is 16.6 Å². The van der Waals surface area contributed by atoms with Gasteiger partial charge >= 0.3 is 5.97 Å². The van der Waals surface area contributed by atoms with Crippen LogP contribution in [0.3, 0.4) is 0 Å². The van der Waals surface area contributed by atoms with Gasteiger partial charge in [0.2, 0.25) is 5.95 Å². The molecule has 0 saturated heterocycles. The topological polar surface area (TPSA) is 70.1 Å². The van der Waals surface area contributed by atoms with E-state index in [1.807, 2.05) is 25.1 Å². The van der Waals surface area contributed by atoms with Crippen molar-refractivity contribution in [3.8, 4) is 0 Å². The summed E-state index contributed by atoms with van der Waals surface area (Å²) < 4.78 is 6.44. The first-order chi connectivity index (χ1) is 8.06. The molecule has 1 aromatic heterocycles. The number of aromatic nitrogens is 2. The number of fused-ring (bicyclic) bond motifs is 1. The van der Waals surface area contributed by atoms with E-state index in [1.165, 1.54) is 7.11 Å². The number of benzene rings is 1. The fraction of sp³-hybridized carbons (Fsp3) is 0.333. The highest BCUT2D eigenvalue weighted by atomic mass is 16.5. The number of nitrogen functional groups attached to an aromatic ring is 1. The van der Waals surface area contributed by atoms with E-state index in [4.69, 9.17) is 10.5 Å². The molecule has 2 rings (SSSR count). The van der Waals surface area contributed by atoms with Crippen molar-refractivity contribution in [3.63, 3.8) is 0 Å². The highest BCUT2D eigenvalue weighted by Crippen LogP contribution is 2.25. The standard InChI is InChI=1S/C12H15N3O2/c1-7-5-4-6-9-10(7)15(12(13)14-9)8(2)11(16)17-3/h4-6,8H,1-3H3,(H2,13,14). The molecule has 1 heterocycles. The molecule has 5 nitrogen and oxygen atoms in total. The summed E-state index contributed by atoms with van der Waals surface area (Å²) in [7, 11) is 1.36. The number of esters is 1. The van der Waals surface area contributed by atoms with Gasteiger partial charge in [0, 0.05) is 0 Å². The molecule has 1 unspecified atom stereocenters. The number of imidazole rings is 1. The molecule has 0 radical (unpaired) electrons. The maximum absolute atomic E-state index is 11.6. The summed E-state index contributed by atoms with van der Waals surface area (Å²) in [5.41, 5.74) is 8.56. The van der Waals surface area contributed by atoms with E-state index in [0.29, 0.717) is 5.95 Å². The summed E-state index contributed by atoms with van der Waals surface area (Å²) >= 11 is 0. The lowest BCUT2D eigenvalue weighted by Gasteiger charge is -2.14. The first kappa shape index (κ1) is 11.4. The van der Waals surface area contributed by atoms with Gasteiger partial charge in [-0.3, -0.25) is 4.57 Å². The average Bonchev–Trinajstić information content (AvgIpc) is 2.65. The van der Waals surface area contributed by atoms with Gasteiger partial charge in [0.15, 0.2) is 0 Å². The van der Waals surface area contributed by atoms with Crippen molar-refractivity contribution in [1.82, 2.24) is 9.55 Å². The molecule has 5 heteroatoms. The molecule has 17 heavy (non-hydrogen) atoms. The molecule has 0 aliphatic rings. The van der Waals surface area contributed by atoms with Crippen molar-refractivity contribution in [1.29, 1.82) is 0 Å². The summed E-state index contributed by atoms with van der Waals surface area (Å²) in [5.74, 6) is -0.00791. The van der Waals surface area contributed by atoms with Crippen LogP contribution < -0.4 is 5.73 Å². The van der Waals surface area contributed by atoms with Crippen molar-refractivity contribution >= 4 is 23.0 Å². The maximum Gasteiger partial charge on any atom is 0.328 e. The molecular formula is C12H15N3O2. The Morgan fingerprint density at radius 1 is 1.53 bits per heavy atom. The van der Waals surface area contributed by atoms with Crippen LogP contribution >= 0.6 is 0 Å². The second-order valence-electron chi connectivity index (χ2n) is 3.98. The maximum atomic E-state index is 11.6. The highest BCUT2D eigenvalue weighted by molar-refractivity contribution is 5.85. The smallest absolute Gasteiger partial charge is 0.328 e. The zero-order chi connectivity index (χ0) is 12.6. The number of methoxy groups -OCH3 is 1. The Hall–Kier alpha value is -2.04. The van der Waals surface area contributed by atoms with Crippen LogP contribution in [0.5, 0.6) is 0 Å². The Bertz CT molecular complexity index is 574. The number of aryl methyl sites for hydroxylation is 1. The summed E-state index contributed by atoms with van der Waals surface area (Å²) in [4.78, 5) is 15.8. The van der Waals surface area contributed by atoms with E-state index < -0.39 is 6.04 Å². The molecule has 0 amide bonds. The minimum absolute atomic E-state index is 0.326. The summed E-state index contributed by atoms with van der Waals surface area (Å²) in [6.07, 6.45) is 0. The Balaban J connectivity index is 2.68. The molecular weight excluding hydrogens is 218 g/mol. The molecule has 0 aliphatic heterocycles. The van der Waals surface area contributed by atoms with E-state index >= 15 is 0 Å². The van der Waals surface area contributed by atoms with E-state index in [9.17, 15) is 4.79 Å². The van der Waals surface area contributed by atoms with Crippen LogP contribution in [0.2, 0.25) is 0 Å². The first-order valence-electron chi connectivity index (χ1n) is 5.37. The number of para-hydroxylation sites is 1. The van der Waals surface area contributed by atoms with Gasteiger partial charge in [0.1, 0.15) is 6.04 Å². The largest absolute Gasteiger partial charge is 0.467 e. The molecule has 1 aromatic carbocycles. The fourth-order valence-electron chi connectivity index (χ4n) is 2.01. The van der Waals surface area contributed by atoms with E-state index in [-0.39, 0.29) is 5.97 Å². The second-order valence-corrected chi connectivity index (χ2v) is 3.98. The number of carbonyl (C=O) groups is 1. The number of hydrogen-bond acceptors (Lipinski definition) is 4. The first-order valence-corrected chi connectivity index (χ1v) is 5.37. The normalized spacial score (nSPS) is 12.6. The second kappa shape index (κ2) is 4.08. The molecule has 90 valence electrons. The van der Waals surface area contributed by atoms with Crippen LogP contribution in [0.4, 0.5) is 5.95 Å². The number of rotatable bonds is 2. The van der Waals surface area contributed by atoms with Gasteiger partial charge in [-0.2, -0.15) is 0 Å². The Morgan fingerprint density at radius 3 is 2.88 bits per heavy atom. The quantitative estimate of drug-likeness (QED) is 0.801. The van der Waals surface area contributed by atoms with Crippen LogP contribution in [-0.4, -0.2) is 22.6 Å². The molecule has 0 bridgehead atoms. The van der Waals surface area contributed by atoms with Crippen molar-refractivity contribution in [2.24, 2.45) is 0 Å². The van der Waals surface area contributed by atoms with Gasteiger partial charge in [-0.25, -0.2) is 9.78 Å². The van der Waals surface area contributed by atoms with Crippen LogP contribution in [0.25, 0.3) is 11.0 Å².